The second kappa shape index (κ2) is 3.58. The molecule has 0 radical (unpaired) electrons. The zero-order valence-electron chi connectivity index (χ0n) is 9.32. The highest BCUT2D eigenvalue weighted by Crippen LogP contribution is 2.55. The molecule has 4 unspecified atom stereocenters. The highest BCUT2D eigenvalue weighted by molar-refractivity contribution is 7.88. The minimum Gasteiger partial charge on any atom is -0.370 e. The lowest BCUT2D eigenvalue weighted by Gasteiger charge is -2.27. The molecule has 0 N–H and O–H groups in total. The van der Waals surface area contributed by atoms with Crippen molar-refractivity contribution in [3.05, 3.63) is 0 Å². The van der Waals surface area contributed by atoms with Gasteiger partial charge in [-0.15, -0.1) is 0 Å². The van der Waals surface area contributed by atoms with E-state index in [-0.39, 0.29) is 0 Å². The lowest BCUT2D eigenvalue weighted by atomic mass is 9.94. The Morgan fingerprint density at radius 1 is 1.41 bits per heavy atom. The Labute approximate surface area is 97.2 Å². The molecule has 2 aliphatic heterocycles. The molecular formula is C9H13F3O4S. The predicted octanol–water partition coefficient (Wildman–Crippen LogP) is 1.60. The first-order valence-corrected chi connectivity index (χ1v) is 6.71. The first kappa shape index (κ1) is 13.1. The first-order valence-electron chi connectivity index (χ1n) is 5.30. The third-order valence-electron chi connectivity index (χ3n) is 3.42. The van der Waals surface area contributed by atoms with E-state index in [1.54, 1.807) is 6.92 Å². The van der Waals surface area contributed by atoms with Crippen molar-refractivity contribution in [1.29, 1.82) is 0 Å². The highest BCUT2D eigenvalue weighted by Gasteiger charge is 2.77. The van der Waals surface area contributed by atoms with E-state index in [0.717, 1.165) is 0 Å². The maximum Gasteiger partial charge on any atom is 0.413 e. The summed E-state index contributed by atoms with van der Waals surface area (Å²) in [7, 11) is -4.69. The normalized spacial score (nSPS) is 44.9. The summed E-state index contributed by atoms with van der Waals surface area (Å²) in [6, 6.07) is 0. The Bertz CT molecular complexity index is 418. The van der Waals surface area contributed by atoms with Gasteiger partial charge in [0, 0.05) is 6.42 Å². The van der Waals surface area contributed by atoms with Crippen molar-refractivity contribution in [3.8, 4) is 0 Å². The van der Waals surface area contributed by atoms with Gasteiger partial charge in [0.1, 0.15) is 12.2 Å². The Morgan fingerprint density at radius 2 is 2.00 bits per heavy atom. The number of rotatable bonds is 1. The van der Waals surface area contributed by atoms with E-state index in [1.807, 2.05) is 0 Å². The van der Waals surface area contributed by atoms with E-state index < -0.39 is 45.8 Å². The minimum atomic E-state index is -4.88. The van der Waals surface area contributed by atoms with Crippen molar-refractivity contribution >= 4 is 10.1 Å². The van der Waals surface area contributed by atoms with E-state index in [1.165, 1.54) is 6.92 Å². The molecule has 0 bridgehead atoms. The summed E-state index contributed by atoms with van der Waals surface area (Å²) < 4.78 is 69.5. The summed E-state index contributed by atoms with van der Waals surface area (Å²) in [4.78, 5) is 0. The van der Waals surface area contributed by atoms with E-state index in [4.69, 9.17) is 4.74 Å². The maximum atomic E-state index is 13.1. The molecule has 0 saturated carbocycles. The van der Waals surface area contributed by atoms with Gasteiger partial charge < -0.3 is 4.74 Å². The molecule has 4 atom stereocenters. The van der Waals surface area contributed by atoms with Gasteiger partial charge in [0.15, 0.2) is 0 Å². The van der Waals surface area contributed by atoms with Gasteiger partial charge >= 0.3 is 6.18 Å². The molecule has 0 spiro atoms. The molecule has 2 fully saturated rings. The van der Waals surface area contributed by atoms with Crippen LogP contribution in [0.2, 0.25) is 0 Å². The van der Waals surface area contributed by atoms with Crippen LogP contribution in [0.25, 0.3) is 0 Å². The molecule has 2 saturated heterocycles. The number of hydrogen-bond donors (Lipinski definition) is 0. The molecule has 8 heteroatoms. The van der Waals surface area contributed by atoms with Crippen LogP contribution in [0.3, 0.4) is 0 Å². The molecule has 2 aliphatic rings. The van der Waals surface area contributed by atoms with Gasteiger partial charge in [-0.2, -0.15) is 21.6 Å². The first-order chi connectivity index (χ1) is 7.65. The third kappa shape index (κ3) is 1.53. The number of fused-ring (bicyclic) bond motifs is 1. The summed E-state index contributed by atoms with van der Waals surface area (Å²) in [5, 5.41) is 0. The number of hydrogen-bond acceptors (Lipinski definition) is 4. The van der Waals surface area contributed by atoms with Gasteiger partial charge in [-0.05, 0) is 13.3 Å². The second-order valence-corrected chi connectivity index (χ2v) is 6.26. The van der Waals surface area contributed by atoms with Gasteiger partial charge in [0.25, 0.3) is 10.1 Å². The zero-order chi connectivity index (χ0) is 13.1. The fourth-order valence-corrected chi connectivity index (χ4v) is 4.43. The Morgan fingerprint density at radius 3 is 2.41 bits per heavy atom. The van der Waals surface area contributed by atoms with E-state index in [2.05, 4.69) is 4.18 Å². The molecular weight excluding hydrogens is 261 g/mol. The second-order valence-electron chi connectivity index (χ2n) is 4.43. The van der Waals surface area contributed by atoms with Crippen LogP contribution in [0.1, 0.15) is 26.7 Å². The van der Waals surface area contributed by atoms with Crippen molar-refractivity contribution in [1.82, 2.24) is 0 Å². The summed E-state index contributed by atoms with van der Waals surface area (Å²) in [6.07, 6.45) is -8.37. The topological polar surface area (TPSA) is 52.6 Å². The Kier molecular flexibility index (Phi) is 2.76. The standard InChI is InChI=1S/C9H13F3O4S/c1-3-6-4-8(9(10,11)12)7(15-6)5(2)16-17(8,13)14/h5-7H,3-4H2,1-2H3. The van der Waals surface area contributed by atoms with Crippen molar-refractivity contribution in [3.63, 3.8) is 0 Å². The van der Waals surface area contributed by atoms with Crippen LogP contribution >= 0.6 is 0 Å². The fourth-order valence-electron chi connectivity index (χ4n) is 2.55. The SMILES string of the molecule is CCC1CC2(C(F)(F)F)C(O1)C(C)OS2(=O)=O. The van der Waals surface area contributed by atoms with Gasteiger partial charge in [0.05, 0.1) is 6.10 Å². The quantitative estimate of drug-likeness (QED) is 0.682. The van der Waals surface area contributed by atoms with Crippen LogP contribution in [0.15, 0.2) is 0 Å². The van der Waals surface area contributed by atoms with Crippen molar-refractivity contribution in [2.45, 2.75) is 55.9 Å². The molecule has 0 aromatic carbocycles. The van der Waals surface area contributed by atoms with E-state index in [0.29, 0.717) is 6.42 Å². The van der Waals surface area contributed by atoms with Crippen molar-refractivity contribution < 1.29 is 30.5 Å². The van der Waals surface area contributed by atoms with Gasteiger partial charge in [-0.3, -0.25) is 4.18 Å². The minimum absolute atomic E-state index is 0.344. The number of ether oxygens (including phenoxy) is 1. The lowest BCUT2D eigenvalue weighted by Crippen LogP contribution is -2.54. The van der Waals surface area contributed by atoms with Crippen LogP contribution in [-0.2, 0) is 19.0 Å². The monoisotopic (exact) mass is 274 g/mol. The molecule has 100 valence electrons. The third-order valence-corrected chi connectivity index (χ3v) is 5.50. The van der Waals surface area contributed by atoms with Gasteiger partial charge in [-0.1, -0.05) is 6.92 Å². The molecule has 2 rings (SSSR count). The smallest absolute Gasteiger partial charge is 0.370 e. The average Bonchev–Trinajstić information content (AvgIpc) is 2.63. The van der Waals surface area contributed by atoms with Gasteiger partial charge in [0.2, 0.25) is 4.75 Å². The fraction of sp³-hybridized carbons (Fsp3) is 1.00. The Hall–Kier alpha value is -0.340. The summed E-state index contributed by atoms with van der Waals surface area (Å²) in [5.41, 5.74) is 0. The summed E-state index contributed by atoms with van der Waals surface area (Å²) in [6.45, 7) is 2.95. The zero-order valence-corrected chi connectivity index (χ0v) is 10.1. The summed E-state index contributed by atoms with van der Waals surface area (Å²) in [5.74, 6) is 0. The van der Waals surface area contributed by atoms with Crippen LogP contribution in [0, 0.1) is 0 Å². The Balaban J connectivity index is 2.55. The number of alkyl halides is 3. The maximum absolute atomic E-state index is 13.1. The van der Waals surface area contributed by atoms with Gasteiger partial charge in [-0.25, -0.2) is 0 Å². The van der Waals surface area contributed by atoms with Crippen LogP contribution in [0.4, 0.5) is 13.2 Å². The van der Waals surface area contributed by atoms with Crippen LogP contribution in [-0.4, -0.2) is 37.7 Å². The largest absolute Gasteiger partial charge is 0.413 e. The molecule has 0 aromatic heterocycles. The average molecular weight is 274 g/mol. The van der Waals surface area contributed by atoms with E-state index >= 15 is 0 Å². The molecule has 17 heavy (non-hydrogen) atoms. The summed E-state index contributed by atoms with van der Waals surface area (Å²) >= 11 is 0. The van der Waals surface area contributed by atoms with Crippen molar-refractivity contribution in [2.24, 2.45) is 0 Å². The van der Waals surface area contributed by atoms with Crippen LogP contribution < -0.4 is 0 Å². The molecule has 0 aliphatic carbocycles. The molecule has 4 nitrogen and oxygen atoms in total. The van der Waals surface area contributed by atoms with Crippen LogP contribution in [0.5, 0.6) is 0 Å². The predicted molar refractivity (Wildman–Crippen MR) is 51.8 cm³/mol. The molecule has 2 heterocycles. The van der Waals surface area contributed by atoms with Crippen molar-refractivity contribution in [2.75, 3.05) is 0 Å². The van der Waals surface area contributed by atoms with E-state index in [9.17, 15) is 21.6 Å². The molecule has 0 aromatic rings. The number of halogens is 3. The lowest BCUT2D eigenvalue weighted by molar-refractivity contribution is -0.172. The molecule has 0 amide bonds. The highest BCUT2D eigenvalue weighted by atomic mass is 32.2.